The minimum atomic E-state index is -0.450. The molecule has 0 atom stereocenters. The lowest BCUT2D eigenvalue weighted by molar-refractivity contribution is 0.149. The Morgan fingerprint density at radius 2 is 2.25 bits per heavy atom. The van der Waals surface area contributed by atoms with Crippen LogP contribution in [0.15, 0.2) is 12.3 Å². The Balaban J connectivity index is 2.21. The number of anilines is 1. The van der Waals surface area contributed by atoms with Gasteiger partial charge in [-0.3, -0.25) is 0 Å². The van der Waals surface area contributed by atoms with Gasteiger partial charge < -0.3 is 10.1 Å². The minimum Gasteiger partial charge on any atom is -0.380 e. The lowest BCUT2D eigenvalue weighted by atomic mass is 10.4. The summed E-state index contributed by atoms with van der Waals surface area (Å²) >= 11 is 11.0. The number of rotatable bonds is 7. The second-order valence-corrected chi connectivity index (χ2v) is 3.88. The smallest absolute Gasteiger partial charge is 0.166 e. The normalized spacial score (nSPS) is 10.4. The molecule has 0 bridgehead atoms. The summed E-state index contributed by atoms with van der Waals surface area (Å²) in [4.78, 5) is 3.83. The predicted molar refractivity (Wildman–Crippen MR) is 63.9 cm³/mol. The molecule has 90 valence electrons. The van der Waals surface area contributed by atoms with Crippen molar-refractivity contribution < 1.29 is 9.13 Å². The fourth-order valence-electron chi connectivity index (χ4n) is 1.08. The van der Waals surface area contributed by atoms with Gasteiger partial charge in [0.1, 0.15) is 0 Å². The molecule has 0 aromatic carbocycles. The van der Waals surface area contributed by atoms with Crippen LogP contribution in [0.2, 0.25) is 5.02 Å². The largest absolute Gasteiger partial charge is 0.380 e. The van der Waals surface area contributed by atoms with Crippen molar-refractivity contribution in [1.29, 1.82) is 0 Å². The average molecular weight is 267 g/mol. The van der Waals surface area contributed by atoms with Gasteiger partial charge in [-0.25, -0.2) is 9.37 Å². The molecule has 1 aromatic heterocycles. The molecule has 6 heteroatoms. The van der Waals surface area contributed by atoms with Gasteiger partial charge in [-0.15, -0.1) is 11.6 Å². The van der Waals surface area contributed by atoms with E-state index < -0.39 is 5.82 Å². The zero-order chi connectivity index (χ0) is 11.8. The summed E-state index contributed by atoms with van der Waals surface area (Å²) in [5.74, 6) is 0.247. The quantitative estimate of drug-likeness (QED) is 0.609. The second-order valence-electron chi connectivity index (χ2n) is 3.07. The van der Waals surface area contributed by atoms with E-state index >= 15 is 0 Å². The molecular weight excluding hydrogens is 254 g/mol. The third kappa shape index (κ3) is 4.96. The number of ether oxygens (including phenoxy) is 1. The topological polar surface area (TPSA) is 34.2 Å². The van der Waals surface area contributed by atoms with Crippen LogP contribution >= 0.6 is 23.2 Å². The Labute approximate surface area is 104 Å². The van der Waals surface area contributed by atoms with Gasteiger partial charge in [-0.05, 0) is 12.5 Å². The number of nitrogens with zero attached hydrogens (tertiary/aromatic N) is 1. The number of hydrogen-bond acceptors (Lipinski definition) is 3. The highest BCUT2D eigenvalue weighted by Crippen LogP contribution is 2.15. The van der Waals surface area contributed by atoms with Gasteiger partial charge in [0.25, 0.3) is 0 Å². The molecule has 0 amide bonds. The number of alkyl halides is 1. The maximum Gasteiger partial charge on any atom is 0.166 e. The van der Waals surface area contributed by atoms with Gasteiger partial charge >= 0.3 is 0 Å². The molecule has 1 N–H and O–H groups in total. The third-order valence-electron chi connectivity index (χ3n) is 1.79. The lowest BCUT2D eigenvalue weighted by Crippen LogP contribution is -2.08. The zero-order valence-corrected chi connectivity index (χ0v) is 10.2. The maximum absolute atomic E-state index is 13.2. The molecule has 1 rings (SSSR count). The molecular formula is C10H13Cl2FN2O. The summed E-state index contributed by atoms with van der Waals surface area (Å²) in [7, 11) is 0. The van der Waals surface area contributed by atoms with Gasteiger partial charge in [0.2, 0.25) is 0 Å². The molecule has 0 spiro atoms. The molecule has 0 unspecified atom stereocenters. The number of halogens is 3. The number of pyridine rings is 1. The summed E-state index contributed by atoms with van der Waals surface area (Å²) in [6.45, 7) is 1.72. The average Bonchev–Trinajstić information content (AvgIpc) is 2.26. The van der Waals surface area contributed by atoms with Crippen molar-refractivity contribution in [3.05, 3.63) is 23.1 Å². The summed E-state index contributed by atoms with van der Waals surface area (Å²) in [5.41, 5.74) is 0. The molecule has 1 heterocycles. The van der Waals surface area contributed by atoms with Crippen molar-refractivity contribution in [3.8, 4) is 0 Å². The van der Waals surface area contributed by atoms with Crippen LogP contribution in [0.25, 0.3) is 0 Å². The number of nitrogens with one attached hydrogen (secondary N) is 1. The first-order valence-electron chi connectivity index (χ1n) is 4.92. The van der Waals surface area contributed by atoms with Crippen LogP contribution < -0.4 is 5.32 Å². The molecule has 16 heavy (non-hydrogen) atoms. The minimum absolute atomic E-state index is 0.210. The first-order chi connectivity index (χ1) is 7.74. The van der Waals surface area contributed by atoms with E-state index in [1.165, 1.54) is 12.3 Å². The molecule has 0 saturated heterocycles. The van der Waals surface area contributed by atoms with E-state index in [4.69, 9.17) is 27.9 Å². The van der Waals surface area contributed by atoms with E-state index in [2.05, 4.69) is 10.3 Å². The van der Waals surface area contributed by atoms with Crippen molar-refractivity contribution in [2.75, 3.05) is 31.0 Å². The number of hydrogen-bond donors (Lipinski definition) is 1. The molecule has 3 nitrogen and oxygen atoms in total. The highest BCUT2D eigenvalue weighted by Gasteiger charge is 2.03. The Morgan fingerprint density at radius 1 is 1.44 bits per heavy atom. The van der Waals surface area contributed by atoms with Crippen LogP contribution in [0.5, 0.6) is 0 Å². The van der Waals surface area contributed by atoms with Crippen LogP contribution in [0.3, 0.4) is 0 Å². The maximum atomic E-state index is 13.2. The third-order valence-corrected chi connectivity index (χ3v) is 2.15. The van der Waals surface area contributed by atoms with E-state index in [1.54, 1.807) is 0 Å². The van der Waals surface area contributed by atoms with E-state index in [0.717, 1.165) is 6.42 Å². The van der Waals surface area contributed by atoms with Crippen LogP contribution in [0.1, 0.15) is 6.42 Å². The zero-order valence-electron chi connectivity index (χ0n) is 8.68. The monoisotopic (exact) mass is 266 g/mol. The first-order valence-corrected chi connectivity index (χ1v) is 5.84. The molecule has 0 saturated carbocycles. The first kappa shape index (κ1) is 13.5. The molecule has 0 aliphatic rings. The van der Waals surface area contributed by atoms with Gasteiger partial charge in [-0.2, -0.15) is 0 Å². The number of aromatic nitrogens is 1. The Kier molecular flexibility index (Phi) is 6.45. The van der Waals surface area contributed by atoms with Gasteiger partial charge in [0.05, 0.1) is 11.6 Å². The Hall–Kier alpha value is -0.580. The molecule has 0 fully saturated rings. The van der Waals surface area contributed by atoms with Crippen LogP contribution in [-0.2, 0) is 4.74 Å². The van der Waals surface area contributed by atoms with E-state index in [9.17, 15) is 4.39 Å². The highest BCUT2D eigenvalue weighted by atomic mass is 35.5. The summed E-state index contributed by atoms with van der Waals surface area (Å²) in [6, 6.07) is 1.22. The fraction of sp³-hybridized carbons (Fsp3) is 0.500. The van der Waals surface area contributed by atoms with Crippen molar-refractivity contribution in [2.45, 2.75) is 6.42 Å². The summed E-state index contributed by atoms with van der Waals surface area (Å²) in [5, 5.41) is 3.14. The second kappa shape index (κ2) is 7.65. The lowest BCUT2D eigenvalue weighted by Gasteiger charge is -2.06. The fourth-order valence-corrected chi connectivity index (χ4v) is 1.34. The molecule has 0 aliphatic carbocycles. The van der Waals surface area contributed by atoms with Crippen LogP contribution in [0, 0.1) is 5.82 Å². The van der Waals surface area contributed by atoms with Crippen molar-refractivity contribution in [1.82, 2.24) is 4.98 Å². The Bertz CT molecular complexity index is 326. The van der Waals surface area contributed by atoms with Gasteiger partial charge in [-0.1, -0.05) is 11.6 Å². The van der Waals surface area contributed by atoms with Gasteiger partial charge in [0.15, 0.2) is 11.6 Å². The van der Waals surface area contributed by atoms with Crippen LogP contribution in [0.4, 0.5) is 10.2 Å². The molecule has 1 aromatic rings. The highest BCUT2D eigenvalue weighted by molar-refractivity contribution is 6.30. The molecule has 0 aliphatic heterocycles. The molecule has 0 radical (unpaired) electrons. The van der Waals surface area contributed by atoms with E-state index in [1.807, 2.05) is 0 Å². The summed E-state index contributed by atoms with van der Waals surface area (Å²) < 4.78 is 18.4. The Morgan fingerprint density at radius 3 is 2.94 bits per heavy atom. The summed E-state index contributed by atoms with van der Waals surface area (Å²) in [6.07, 6.45) is 2.16. The SMILES string of the molecule is Fc1cc(Cl)cnc1NCCCOCCCl. The van der Waals surface area contributed by atoms with Gasteiger partial charge in [0, 0.05) is 25.2 Å². The predicted octanol–water partition coefficient (Wildman–Crippen LogP) is 2.93. The standard InChI is InChI=1S/C10H13Cl2FN2O/c11-2-5-16-4-1-3-14-10-9(13)6-8(12)7-15-10/h6-7H,1-5H2,(H,14,15). The van der Waals surface area contributed by atoms with Crippen molar-refractivity contribution in [3.63, 3.8) is 0 Å². The van der Waals surface area contributed by atoms with Crippen molar-refractivity contribution >= 4 is 29.0 Å². The van der Waals surface area contributed by atoms with E-state index in [0.29, 0.717) is 25.6 Å². The van der Waals surface area contributed by atoms with Crippen molar-refractivity contribution in [2.24, 2.45) is 0 Å². The van der Waals surface area contributed by atoms with E-state index in [-0.39, 0.29) is 10.8 Å². The van der Waals surface area contributed by atoms with Crippen LogP contribution in [-0.4, -0.2) is 30.6 Å².